The maximum Gasteiger partial charge on any atom is 0.472 e. The van der Waals surface area contributed by atoms with Gasteiger partial charge in [-0.25, -0.2) is 4.57 Å². The molecule has 0 aliphatic rings. The number of phosphoric ester groups is 1. The molecule has 0 aromatic heterocycles. The van der Waals surface area contributed by atoms with Gasteiger partial charge in [-0.1, -0.05) is 136 Å². The lowest BCUT2D eigenvalue weighted by Gasteiger charge is -2.20. The lowest BCUT2D eigenvalue weighted by molar-refractivity contribution is -0.161. The number of rotatable bonds is 36. The fraction of sp³-hybridized carbons (Fsp3) is 0.556. The Labute approximate surface area is 347 Å². The summed E-state index contributed by atoms with van der Waals surface area (Å²) in [6.45, 7) is 2.96. The van der Waals surface area contributed by atoms with Crippen molar-refractivity contribution in [3.8, 4) is 0 Å². The smallest absolute Gasteiger partial charge is 0.462 e. The molecule has 0 aliphatic carbocycles. The van der Waals surface area contributed by atoms with E-state index < -0.39 is 57.4 Å². The van der Waals surface area contributed by atoms with Crippen molar-refractivity contribution in [1.29, 1.82) is 0 Å². The van der Waals surface area contributed by atoms with Crippen molar-refractivity contribution >= 4 is 19.8 Å². The number of nitrogens with two attached hydrogens (primary N) is 1. The van der Waals surface area contributed by atoms with Crippen LogP contribution in [0.15, 0.2) is 109 Å². The van der Waals surface area contributed by atoms with Gasteiger partial charge in [-0.05, 0) is 70.6 Å². The fourth-order valence-corrected chi connectivity index (χ4v) is 5.61. The van der Waals surface area contributed by atoms with E-state index in [9.17, 15) is 34.4 Å². The zero-order valence-electron chi connectivity index (χ0n) is 34.8. The highest BCUT2D eigenvalue weighted by molar-refractivity contribution is 7.47. The second-order valence-corrected chi connectivity index (χ2v) is 14.8. The van der Waals surface area contributed by atoms with Gasteiger partial charge in [-0.15, -0.1) is 0 Å². The summed E-state index contributed by atoms with van der Waals surface area (Å²) < 4.78 is 32.5. The molecule has 0 aromatic rings. The van der Waals surface area contributed by atoms with Gasteiger partial charge in [-0.3, -0.25) is 18.6 Å². The van der Waals surface area contributed by atoms with Crippen molar-refractivity contribution in [3.63, 3.8) is 0 Å². The van der Waals surface area contributed by atoms with Crippen LogP contribution in [-0.2, 0) is 32.7 Å². The Hall–Kier alpha value is -3.45. The van der Waals surface area contributed by atoms with Gasteiger partial charge in [-0.2, -0.15) is 0 Å². The van der Waals surface area contributed by atoms with Gasteiger partial charge < -0.3 is 35.4 Å². The summed E-state index contributed by atoms with van der Waals surface area (Å²) in [7, 11) is -4.48. The molecule has 58 heavy (non-hydrogen) atoms. The van der Waals surface area contributed by atoms with Crippen LogP contribution in [0.2, 0.25) is 0 Å². The van der Waals surface area contributed by atoms with Crippen LogP contribution in [0.4, 0.5) is 0 Å². The first-order valence-corrected chi connectivity index (χ1v) is 22.2. The maximum absolute atomic E-state index is 12.6. The first-order valence-electron chi connectivity index (χ1n) is 20.7. The van der Waals surface area contributed by atoms with Crippen LogP contribution < -0.4 is 5.73 Å². The number of aliphatic hydroxyl groups is 3. The van der Waals surface area contributed by atoms with Crippen LogP contribution in [0, 0.1) is 0 Å². The number of carbonyl (C=O) groups is 2. The number of esters is 2. The Bertz CT molecular complexity index is 1370. The molecule has 0 saturated carbocycles. The lowest BCUT2D eigenvalue weighted by Crippen LogP contribution is -2.30. The molecule has 5 atom stereocenters. The van der Waals surface area contributed by atoms with E-state index in [4.69, 9.17) is 24.3 Å². The third-order valence-electron chi connectivity index (χ3n) is 8.00. The van der Waals surface area contributed by atoms with Crippen molar-refractivity contribution < 1.29 is 52.9 Å². The van der Waals surface area contributed by atoms with Gasteiger partial charge in [0.25, 0.3) is 0 Å². The third-order valence-corrected chi connectivity index (χ3v) is 8.98. The van der Waals surface area contributed by atoms with E-state index in [1.165, 1.54) is 6.08 Å². The standard InChI is InChI=1S/C45H72NO11P/c1-3-5-7-8-9-10-11-12-13-14-15-16-17-18-19-24-28-34-45(51)57-41(39-56-58(52,53)55-37-36-46)38-54-44(50)35-29-33-43(49)42(48)32-27-23-21-20-22-26-31-40(47)30-25-6-4-2/h5-7,9-10,12-13,15-16,20-23,25-27,31-32,40-43,47-49H,3-4,8,11,14,17-19,24,28-30,33-39,46H2,1-2H3,(H,52,53)/b7-5-,10-9-,13-12-,16-15-,22-20+,23-21-,25-6-,31-26+,32-27-/t40-,41-,42+,43+/m1/s1. The number of carbonyl (C=O) groups excluding carboxylic acids is 2. The molecule has 0 spiro atoms. The molecule has 6 N–H and O–H groups in total. The summed E-state index contributed by atoms with van der Waals surface area (Å²) in [6.07, 6.45) is 40.7. The maximum atomic E-state index is 12.6. The molecule has 0 fully saturated rings. The van der Waals surface area contributed by atoms with Crippen LogP contribution in [0.1, 0.15) is 110 Å². The van der Waals surface area contributed by atoms with Crippen molar-refractivity contribution in [1.82, 2.24) is 0 Å². The monoisotopic (exact) mass is 833 g/mol. The zero-order chi connectivity index (χ0) is 43.0. The summed E-state index contributed by atoms with van der Waals surface area (Å²) in [5, 5.41) is 30.3. The molecule has 0 bridgehead atoms. The zero-order valence-corrected chi connectivity index (χ0v) is 35.7. The second kappa shape index (κ2) is 39.0. The highest BCUT2D eigenvalue weighted by Gasteiger charge is 2.26. The van der Waals surface area contributed by atoms with E-state index in [2.05, 4.69) is 55.5 Å². The highest BCUT2D eigenvalue weighted by atomic mass is 31.2. The summed E-state index contributed by atoms with van der Waals surface area (Å²) in [5.74, 6) is -1.20. The molecule has 0 amide bonds. The Morgan fingerprint density at radius 2 is 1.22 bits per heavy atom. The number of unbranched alkanes of at least 4 members (excludes halogenated alkanes) is 4. The first-order chi connectivity index (χ1) is 28.0. The van der Waals surface area contributed by atoms with Gasteiger partial charge in [0.05, 0.1) is 31.5 Å². The lowest BCUT2D eigenvalue weighted by atomic mass is 10.1. The predicted octanol–water partition coefficient (Wildman–Crippen LogP) is 8.51. The molecule has 328 valence electrons. The molecule has 0 aliphatic heterocycles. The normalized spacial score (nSPS) is 16.1. The topological polar surface area (TPSA) is 195 Å². The quantitative estimate of drug-likeness (QED) is 0.0133. The number of hydrogen-bond donors (Lipinski definition) is 5. The van der Waals surface area contributed by atoms with Crippen molar-refractivity contribution in [2.75, 3.05) is 26.4 Å². The Balaban J connectivity index is 4.58. The number of hydrogen-bond acceptors (Lipinski definition) is 11. The Morgan fingerprint density at radius 1 is 0.655 bits per heavy atom. The molecule has 13 heteroatoms. The van der Waals surface area contributed by atoms with E-state index in [0.29, 0.717) is 12.8 Å². The van der Waals surface area contributed by atoms with E-state index in [1.807, 2.05) is 19.1 Å². The van der Waals surface area contributed by atoms with Crippen molar-refractivity contribution in [2.45, 2.75) is 135 Å². The molecule has 0 aromatic carbocycles. The number of aliphatic hydroxyl groups excluding tert-OH is 3. The van der Waals surface area contributed by atoms with E-state index >= 15 is 0 Å². The number of phosphoric acid groups is 1. The fourth-order valence-electron chi connectivity index (χ4n) is 4.85. The van der Waals surface area contributed by atoms with Gasteiger partial charge in [0.1, 0.15) is 6.61 Å². The van der Waals surface area contributed by atoms with Crippen molar-refractivity contribution in [2.24, 2.45) is 5.73 Å². The summed E-state index contributed by atoms with van der Waals surface area (Å²) >= 11 is 0. The molecule has 0 saturated heterocycles. The van der Waals surface area contributed by atoms with E-state index in [1.54, 1.807) is 42.5 Å². The molecule has 0 heterocycles. The highest BCUT2D eigenvalue weighted by Crippen LogP contribution is 2.43. The second-order valence-electron chi connectivity index (χ2n) is 13.3. The predicted molar refractivity (Wildman–Crippen MR) is 233 cm³/mol. The minimum absolute atomic E-state index is 0.00690. The Morgan fingerprint density at radius 3 is 1.88 bits per heavy atom. The van der Waals surface area contributed by atoms with Crippen LogP contribution in [-0.4, -0.2) is 82.9 Å². The molecule has 1 unspecified atom stereocenters. The largest absolute Gasteiger partial charge is 0.472 e. The molecular weight excluding hydrogens is 761 g/mol. The SMILES string of the molecule is CC/C=C\C/C=C\C/C=C\C/C=C\CCCCCCC(=O)O[C@H](COC(=O)CCC[C@H](O)[C@@H](O)\C=C/C=C\C=C\C=C\[C@H](O)C/C=C\CC)COP(=O)(O)OCCN. The summed E-state index contributed by atoms with van der Waals surface area (Å²) in [5.41, 5.74) is 5.32. The average molecular weight is 834 g/mol. The molecule has 12 nitrogen and oxygen atoms in total. The number of ether oxygens (including phenoxy) is 2. The van der Waals surface area contributed by atoms with Crippen LogP contribution in [0.5, 0.6) is 0 Å². The molecule has 0 rings (SSSR count). The van der Waals surface area contributed by atoms with Crippen LogP contribution in [0.25, 0.3) is 0 Å². The summed E-state index contributed by atoms with van der Waals surface area (Å²) in [6, 6.07) is 0. The van der Waals surface area contributed by atoms with E-state index in [-0.39, 0.29) is 38.8 Å². The van der Waals surface area contributed by atoms with Crippen LogP contribution >= 0.6 is 7.82 Å². The molecule has 0 radical (unpaired) electrons. The molecular formula is C45H72NO11P. The van der Waals surface area contributed by atoms with Crippen molar-refractivity contribution in [3.05, 3.63) is 109 Å². The Kier molecular flexibility index (Phi) is 36.7. The van der Waals surface area contributed by atoms with E-state index in [0.717, 1.165) is 57.8 Å². The minimum Gasteiger partial charge on any atom is -0.462 e. The first kappa shape index (κ1) is 54.6. The van der Waals surface area contributed by atoms with Crippen LogP contribution in [0.3, 0.4) is 0 Å². The van der Waals surface area contributed by atoms with Gasteiger partial charge >= 0.3 is 19.8 Å². The number of allylic oxidation sites excluding steroid dienone is 15. The third kappa shape index (κ3) is 36.9. The summed E-state index contributed by atoms with van der Waals surface area (Å²) in [4.78, 5) is 34.9. The van der Waals surface area contributed by atoms with Gasteiger partial charge in [0, 0.05) is 19.4 Å². The van der Waals surface area contributed by atoms with Gasteiger partial charge in [0.2, 0.25) is 0 Å². The average Bonchev–Trinajstić information content (AvgIpc) is 3.20. The minimum atomic E-state index is -4.48. The van der Waals surface area contributed by atoms with Gasteiger partial charge in [0.15, 0.2) is 6.10 Å².